The van der Waals surface area contributed by atoms with Crippen molar-refractivity contribution >= 4 is 38.9 Å². The first-order valence-corrected chi connectivity index (χ1v) is 8.50. The summed E-state index contributed by atoms with van der Waals surface area (Å²) in [6, 6.07) is 8.26. The lowest BCUT2D eigenvalue weighted by atomic mass is 10.1. The highest BCUT2D eigenvalue weighted by molar-refractivity contribution is 7.92. The lowest BCUT2D eigenvalue weighted by molar-refractivity contribution is 0.600. The summed E-state index contributed by atoms with van der Waals surface area (Å²) in [6.45, 7) is 5.49. The number of hydrogen-bond donors (Lipinski definition) is 1. The summed E-state index contributed by atoms with van der Waals surface area (Å²) >= 11 is 11.8. The Morgan fingerprint density at radius 2 is 1.33 bits per heavy atom. The number of hydrogen-bond acceptors (Lipinski definition) is 2. The lowest BCUT2D eigenvalue weighted by Crippen LogP contribution is -2.16. The molecule has 0 fully saturated rings. The van der Waals surface area contributed by atoms with Crippen molar-refractivity contribution in [3.63, 3.8) is 0 Å². The molecule has 2 aromatic carbocycles. The summed E-state index contributed by atoms with van der Waals surface area (Å²) in [7, 11) is -3.69. The summed E-state index contributed by atoms with van der Waals surface area (Å²) in [6.07, 6.45) is 0. The number of halogens is 2. The van der Waals surface area contributed by atoms with E-state index in [0.29, 0.717) is 26.9 Å². The van der Waals surface area contributed by atoms with Crippen molar-refractivity contribution in [2.75, 3.05) is 4.72 Å². The summed E-state index contributed by atoms with van der Waals surface area (Å²) in [5.74, 6) is 0. The molecule has 2 rings (SSSR count). The Balaban J connectivity index is 2.48. The minimum Gasteiger partial charge on any atom is -0.280 e. The van der Waals surface area contributed by atoms with Crippen LogP contribution in [-0.4, -0.2) is 8.42 Å². The van der Waals surface area contributed by atoms with Crippen LogP contribution in [0.1, 0.15) is 16.7 Å². The zero-order valence-electron chi connectivity index (χ0n) is 11.9. The van der Waals surface area contributed by atoms with Crippen LogP contribution in [0, 0.1) is 20.8 Å². The van der Waals surface area contributed by atoms with Gasteiger partial charge in [-0.25, -0.2) is 8.42 Å². The summed E-state index contributed by atoms with van der Waals surface area (Å²) < 4.78 is 27.7. The van der Waals surface area contributed by atoms with Crippen molar-refractivity contribution in [3.8, 4) is 0 Å². The Bertz CT molecular complexity index is 758. The molecule has 21 heavy (non-hydrogen) atoms. The fraction of sp³-hybridized carbons (Fsp3) is 0.200. The fourth-order valence-electron chi connectivity index (χ4n) is 2.41. The normalized spacial score (nSPS) is 11.5. The maximum Gasteiger partial charge on any atom is 0.262 e. The summed E-state index contributed by atoms with van der Waals surface area (Å²) in [5.41, 5.74) is 2.77. The molecule has 3 nitrogen and oxygen atoms in total. The van der Waals surface area contributed by atoms with Gasteiger partial charge in [0.25, 0.3) is 10.0 Å². The molecule has 0 aromatic heterocycles. The van der Waals surface area contributed by atoms with Gasteiger partial charge in [-0.05, 0) is 50.1 Å². The number of benzene rings is 2. The smallest absolute Gasteiger partial charge is 0.262 e. The van der Waals surface area contributed by atoms with E-state index in [1.165, 1.54) is 12.1 Å². The van der Waals surface area contributed by atoms with Gasteiger partial charge < -0.3 is 0 Å². The highest BCUT2D eigenvalue weighted by atomic mass is 35.5. The van der Waals surface area contributed by atoms with E-state index in [4.69, 9.17) is 23.2 Å². The second-order valence-electron chi connectivity index (χ2n) is 4.99. The van der Waals surface area contributed by atoms with E-state index in [-0.39, 0.29) is 4.90 Å². The fourth-order valence-corrected chi connectivity index (χ4v) is 4.43. The van der Waals surface area contributed by atoms with Gasteiger partial charge in [0.1, 0.15) is 0 Å². The first-order chi connectivity index (χ1) is 9.69. The van der Waals surface area contributed by atoms with E-state index in [0.717, 1.165) is 5.56 Å². The molecule has 0 aliphatic rings. The largest absolute Gasteiger partial charge is 0.280 e. The van der Waals surface area contributed by atoms with Crippen LogP contribution in [0.2, 0.25) is 10.0 Å². The van der Waals surface area contributed by atoms with Crippen molar-refractivity contribution in [2.24, 2.45) is 0 Å². The first-order valence-electron chi connectivity index (χ1n) is 6.26. The molecule has 0 bridgehead atoms. The van der Waals surface area contributed by atoms with Crippen molar-refractivity contribution < 1.29 is 8.42 Å². The van der Waals surface area contributed by atoms with Crippen LogP contribution >= 0.6 is 23.2 Å². The molecule has 6 heteroatoms. The van der Waals surface area contributed by atoms with E-state index >= 15 is 0 Å². The molecule has 0 aliphatic heterocycles. The second-order valence-corrected chi connectivity index (χ2v) is 7.48. The highest BCUT2D eigenvalue weighted by Crippen LogP contribution is 2.27. The molecule has 0 aliphatic carbocycles. The van der Waals surface area contributed by atoms with Gasteiger partial charge in [-0.2, -0.15) is 0 Å². The van der Waals surface area contributed by atoms with Gasteiger partial charge in [-0.15, -0.1) is 0 Å². The minimum absolute atomic E-state index is 0.282. The van der Waals surface area contributed by atoms with Crippen LogP contribution in [0.3, 0.4) is 0 Å². The van der Waals surface area contributed by atoms with Gasteiger partial charge in [0.2, 0.25) is 0 Å². The predicted molar refractivity (Wildman–Crippen MR) is 87.9 cm³/mol. The Kier molecular flexibility index (Phi) is 4.51. The van der Waals surface area contributed by atoms with E-state index < -0.39 is 10.0 Å². The number of nitrogens with one attached hydrogen (secondary N) is 1. The summed E-state index contributed by atoms with van der Waals surface area (Å²) in [4.78, 5) is 0.282. The number of rotatable bonds is 3. The molecular weight excluding hydrogens is 329 g/mol. The van der Waals surface area contributed by atoms with Crippen molar-refractivity contribution in [1.29, 1.82) is 0 Å². The molecule has 112 valence electrons. The van der Waals surface area contributed by atoms with Crippen LogP contribution in [0.25, 0.3) is 0 Å². The monoisotopic (exact) mass is 343 g/mol. The summed E-state index contributed by atoms with van der Waals surface area (Å²) in [5, 5.41) is 0.745. The lowest BCUT2D eigenvalue weighted by Gasteiger charge is -2.14. The molecule has 0 amide bonds. The van der Waals surface area contributed by atoms with Crippen LogP contribution in [0.5, 0.6) is 0 Å². The van der Waals surface area contributed by atoms with Crippen LogP contribution in [0.15, 0.2) is 35.2 Å². The van der Waals surface area contributed by atoms with Crippen molar-refractivity contribution in [1.82, 2.24) is 0 Å². The highest BCUT2D eigenvalue weighted by Gasteiger charge is 2.20. The topological polar surface area (TPSA) is 46.2 Å². The molecule has 0 heterocycles. The van der Waals surface area contributed by atoms with Gasteiger partial charge in [0, 0.05) is 10.0 Å². The SMILES string of the molecule is Cc1cc(C)c(S(=O)(=O)Nc2cc(Cl)cc(Cl)c2)c(C)c1. The number of sulfonamides is 1. The molecule has 1 N–H and O–H groups in total. The quantitative estimate of drug-likeness (QED) is 0.876. The van der Waals surface area contributed by atoms with Gasteiger partial charge >= 0.3 is 0 Å². The third-order valence-electron chi connectivity index (χ3n) is 2.99. The molecule has 0 saturated carbocycles. The molecular formula is C15H15Cl2NO2S. The Morgan fingerprint density at radius 1 is 0.857 bits per heavy atom. The molecule has 0 unspecified atom stereocenters. The zero-order valence-corrected chi connectivity index (χ0v) is 14.2. The molecule has 0 saturated heterocycles. The Labute approximate surface area is 135 Å². The second kappa shape index (κ2) is 5.87. The Hall–Kier alpha value is -1.23. The molecule has 0 atom stereocenters. The minimum atomic E-state index is -3.69. The van der Waals surface area contributed by atoms with Crippen LogP contribution in [0.4, 0.5) is 5.69 Å². The standard InChI is InChI=1S/C15H15Cl2NO2S/c1-9-4-10(2)15(11(3)5-9)21(19,20)18-14-7-12(16)6-13(17)8-14/h4-8,18H,1-3H3. The molecule has 0 spiro atoms. The van der Waals surface area contributed by atoms with Gasteiger partial charge in [0.15, 0.2) is 0 Å². The average Bonchev–Trinajstić information content (AvgIpc) is 2.23. The van der Waals surface area contributed by atoms with Crippen molar-refractivity contribution in [3.05, 3.63) is 57.1 Å². The predicted octanol–water partition coefficient (Wildman–Crippen LogP) is 4.72. The number of anilines is 1. The number of aryl methyl sites for hydroxylation is 3. The maximum atomic E-state index is 12.6. The first kappa shape index (κ1) is 16.1. The van der Waals surface area contributed by atoms with E-state index in [1.807, 2.05) is 19.1 Å². The average molecular weight is 344 g/mol. The Morgan fingerprint density at radius 3 is 1.81 bits per heavy atom. The molecule has 2 aromatic rings. The third-order valence-corrected chi connectivity index (χ3v) is 5.11. The molecule has 0 radical (unpaired) electrons. The van der Waals surface area contributed by atoms with E-state index in [9.17, 15) is 8.42 Å². The van der Waals surface area contributed by atoms with Crippen molar-refractivity contribution in [2.45, 2.75) is 25.7 Å². The zero-order chi connectivity index (χ0) is 15.8. The van der Waals surface area contributed by atoms with Crippen LogP contribution in [-0.2, 0) is 10.0 Å². The van der Waals surface area contributed by atoms with Gasteiger partial charge in [-0.3, -0.25) is 4.72 Å². The van der Waals surface area contributed by atoms with E-state index in [2.05, 4.69) is 4.72 Å². The van der Waals surface area contributed by atoms with Crippen LogP contribution < -0.4 is 4.72 Å². The van der Waals surface area contributed by atoms with Gasteiger partial charge in [-0.1, -0.05) is 40.9 Å². The van der Waals surface area contributed by atoms with E-state index in [1.54, 1.807) is 19.9 Å². The van der Waals surface area contributed by atoms with Gasteiger partial charge in [0.05, 0.1) is 10.6 Å². The third kappa shape index (κ3) is 3.70. The maximum absolute atomic E-state index is 12.6.